The fourth-order valence-corrected chi connectivity index (χ4v) is 1.66. The number of alkyl halides is 3. The summed E-state index contributed by atoms with van der Waals surface area (Å²) in [5.41, 5.74) is 0. The molecule has 0 heterocycles. The number of benzene rings is 1. The first-order valence-corrected chi connectivity index (χ1v) is 4.36. The van der Waals surface area contributed by atoms with E-state index in [9.17, 15) is 13.2 Å². The first kappa shape index (κ1) is 10.7. The van der Waals surface area contributed by atoms with Crippen molar-refractivity contribution in [2.24, 2.45) is 0 Å². The van der Waals surface area contributed by atoms with Gasteiger partial charge >= 0.3 is 6.36 Å². The Balaban J connectivity index is 2.90. The van der Waals surface area contributed by atoms with Gasteiger partial charge in [0.15, 0.2) is 0 Å². The molecule has 0 fully saturated rings. The number of ether oxygens (including phenoxy) is 1. The Morgan fingerprint density at radius 2 is 1.85 bits per heavy atom. The minimum Gasteiger partial charge on any atom is -0.406 e. The minimum atomic E-state index is -4.67. The molecule has 0 radical (unpaired) electrons. The fourth-order valence-electron chi connectivity index (χ4n) is 0.740. The Bertz CT molecular complexity index is 293. The predicted molar refractivity (Wildman–Crippen MR) is 48.1 cm³/mol. The van der Waals surface area contributed by atoms with Crippen molar-refractivity contribution in [3.63, 3.8) is 0 Å². The standard InChI is InChI=1S/C7H4BrF3OS/c8-4-1-5(3-6(13)2-4)12-7(9,10)11/h1-3,13H. The second-order valence-corrected chi connectivity index (χ2v) is 3.63. The second-order valence-electron chi connectivity index (χ2n) is 2.19. The monoisotopic (exact) mass is 272 g/mol. The average Bonchev–Trinajstić information content (AvgIpc) is 1.78. The molecule has 0 aromatic heterocycles. The van der Waals surface area contributed by atoms with Gasteiger partial charge in [-0.25, -0.2) is 0 Å². The van der Waals surface area contributed by atoms with Crippen LogP contribution < -0.4 is 4.74 Å². The van der Waals surface area contributed by atoms with Crippen LogP contribution in [0.4, 0.5) is 13.2 Å². The normalized spacial score (nSPS) is 11.5. The van der Waals surface area contributed by atoms with Gasteiger partial charge in [-0.05, 0) is 18.2 Å². The molecular formula is C7H4BrF3OS. The molecule has 1 rings (SSSR count). The zero-order valence-electron chi connectivity index (χ0n) is 6.10. The van der Waals surface area contributed by atoms with Crippen molar-refractivity contribution in [2.45, 2.75) is 11.3 Å². The molecule has 1 nitrogen and oxygen atoms in total. The topological polar surface area (TPSA) is 9.23 Å². The Morgan fingerprint density at radius 1 is 1.23 bits per heavy atom. The van der Waals surface area contributed by atoms with Crippen molar-refractivity contribution in [1.82, 2.24) is 0 Å². The Morgan fingerprint density at radius 3 is 2.31 bits per heavy atom. The third-order valence-electron chi connectivity index (χ3n) is 1.09. The quantitative estimate of drug-likeness (QED) is 0.768. The van der Waals surface area contributed by atoms with Gasteiger partial charge in [-0.2, -0.15) is 0 Å². The largest absolute Gasteiger partial charge is 0.573 e. The molecule has 0 saturated heterocycles. The number of hydrogen-bond acceptors (Lipinski definition) is 2. The molecule has 0 aliphatic rings. The molecule has 0 aliphatic carbocycles. The van der Waals surface area contributed by atoms with E-state index in [2.05, 4.69) is 33.3 Å². The van der Waals surface area contributed by atoms with E-state index in [1.54, 1.807) is 6.07 Å². The van der Waals surface area contributed by atoms with Gasteiger partial charge < -0.3 is 4.74 Å². The van der Waals surface area contributed by atoms with Gasteiger partial charge in [0.1, 0.15) is 5.75 Å². The molecule has 0 N–H and O–H groups in total. The van der Waals surface area contributed by atoms with Crippen LogP contribution in [0, 0.1) is 0 Å². The summed E-state index contributed by atoms with van der Waals surface area (Å²) in [5.74, 6) is -0.285. The van der Waals surface area contributed by atoms with Crippen LogP contribution in [0.25, 0.3) is 0 Å². The molecular weight excluding hydrogens is 269 g/mol. The maximum absolute atomic E-state index is 11.7. The van der Waals surface area contributed by atoms with Crippen molar-refractivity contribution in [1.29, 1.82) is 0 Å². The summed E-state index contributed by atoms with van der Waals surface area (Å²) >= 11 is 6.92. The van der Waals surface area contributed by atoms with Crippen LogP contribution in [0.15, 0.2) is 27.6 Å². The molecule has 0 aliphatic heterocycles. The molecule has 0 bridgehead atoms. The maximum atomic E-state index is 11.7. The Hall–Kier alpha value is -0.360. The van der Waals surface area contributed by atoms with E-state index >= 15 is 0 Å². The number of hydrogen-bond donors (Lipinski definition) is 1. The van der Waals surface area contributed by atoms with Gasteiger partial charge in [-0.15, -0.1) is 25.8 Å². The van der Waals surface area contributed by atoms with Crippen LogP contribution in [0.5, 0.6) is 5.75 Å². The van der Waals surface area contributed by atoms with E-state index in [0.717, 1.165) is 0 Å². The van der Waals surface area contributed by atoms with Crippen LogP contribution in [0.2, 0.25) is 0 Å². The summed E-state index contributed by atoms with van der Waals surface area (Å²) in [4.78, 5) is 0.397. The zero-order chi connectivity index (χ0) is 10.1. The first-order chi connectivity index (χ1) is 5.87. The highest BCUT2D eigenvalue weighted by Crippen LogP contribution is 2.28. The van der Waals surface area contributed by atoms with Crippen LogP contribution in [0.1, 0.15) is 0 Å². The molecule has 0 amide bonds. The van der Waals surface area contributed by atoms with Gasteiger partial charge in [-0.1, -0.05) is 15.9 Å². The second kappa shape index (κ2) is 3.79. The Kier molecular flexibility index (Phi) is 3.13. The summed E-state index contributed by atoms with van der Waals surface area (Å²) in [5, 5.41) is 0. The lowest BCUT2D eigenvalue weighted by Gasteiger charge is -2.09. The summed E-state index contributed by atoms with van der Waals surface area (Å²) in [6, 6.07) is 3.96. The van der Waals surface area contributed by atoms with E-state index < -0.39 is 6.36 Å². The lowest BCUT2D eigenvalue weighted by atomic mass is 10.3. The third-order valence-corrected chi connectivity index (χ3v) is 1.81. The summed E-state index contributed by atoms with van der Waals surface area (Å²) in [7, 11) is 0. The number of halogens is 4. The van der Waals surface area contributed by atoms with E-state index in [4.69, 9.17) is 0 Å². The fraction of sp³-hybridized carbons (Fsp3) is 0.143. The highest BCUT2D eigenvalue weighted by atomic mass is 79.9. The van der Waals surface area contributed by atoms with Crippen LogP contribution in [-0.4, -0.2) is 6.36 Å². The number of thiol groups is 1. The summed E-state index contributed by atoms with van der Waals surface area (Å²) in [6.07, 6.45) is -4.67. The van der Waals surface area contributed by atoms with Crippen molar-refractivity contribution in [2.75, 3.05) is 0 Å². The molecule has 0 unspecified atom stereocenters. The highest BCUT2D eigenvalue weighted by molar-refractivity contribution is 9.10. The van der Waals surface area contributed by atoms with Gasteiger partial charge in [0.25, 0.3) is 0 Å². The highest BCUT2D eigenvalue weighted by Gasteiger charge is 2.31. The molecule has 1 aromatic carbocycles. The van der Waals surface area contributed by atoms with Crippen LogP contribution in [-0.2, 0) is 0 Å². The van der Waals surface area contributed by atoms with E-state index in [-0.39, 0.29) is 5.75 Å². The van der Waals surface area contributed by atoms with Crippen LogP contribution in [0.3, 0.4) is 0 Å². The van der Waals surface area contributed by atoms with Crippen molar-refractivity contribution >= 4 is 28.6 Å². The molecule has 1 aromatic rings. The van der Waals surface area contributed by atoms with Crippen LogP contribution >= 0.6 is 28.6 Å². The zero-order valence-corrected chi connectivity index (χ0v) is 8.58. The maximum Gasteiger partial charge on any atom is 0.573 e. The lowest BCUT2D eigenvalue weighted by molar-refractivity contribution is -0.274. The van der Waals surface area contributed by atoms with Gasteiger partial charge in [0.2, 0.25) is 0 Å². The first-order valence-electron chi connectivity index (χ1n) is 3.12. The van der Waals surface area contributed by atoms with Gasteiger partial charge in [-0.3, -0.25) is 0 Å². The van der Waals surface area contributed by atoms with Gasteiger partial charge in [0.05, 0.1) is 0 Å². The van der Waals surface area contributed by atoms with E-state index in [0.29, 0.717) is 9.37 Å². The van der Waals surface area contributed by atoms with E-state index in [1.807, 2.05) is 0 Å². The minimum absolute atomic E-state index is 0.285. The Labute approximate surface area is 86.4 Å². The third kappa shape index (κ3) is 3.91. The molecule has 6 heteroatoms. The number of rotatable bonds is 1. The van der Waals surface area contributed by atoms with E-state index in [1.165, 1.54) is 12.1 Å². The summed E-state index contributed by atoms with van der Waals surface area (Å²) < 4.78 is 39.4. The van der Waals surface area contributed by atoms with Crippen molar-refractivity contribution in [3.05, 3.63) is 22.7 Å². The molecule has 0 spiro atoms. The van der Waals surface area contributed by atoms with Gasteiger partial charge in [0, 0.05) is 9.37 Å². The summed E-state index contributed by atoms with van der Waals surface area (Å²) in [6.45, 7) is 0. The molecule has 0 atom stereocenters. The van der Waals surface area contributed by atoms with Crippen molar-refractivity contribution < 1.29 is 17.9 Å². The smallest absolute Gasteiger partial charge is 0.406 e. The lowest BCUT2D eigenvalue weighted by Crippen LogP contribution is -2.17. The SMILES string of the molecule is FC(F)(F)Oc1cc(S)cc(Br)c1. The van der Waals surface area contributed by atoms with Crippen molar-refractivity contribution in [3.8, 4) is 5.75 Å². The average molecular weight is 273 g/mol. The molecule has 72 valence electrons. The molecule has 13 heavy (non-hydrogen) atoms. The predicted octanol–water partition coefficient (Wildman–Crippen LogP) is 3.64. The molecule has 0 saturated carbocycles.